The third-order valence-corrected chi connectivity index (χ3v) is 4.94. The standard InChI is InChI=1S/C24H16Cl3NO3/c1-15(30-23-9-8-20(26)13-22(23)27)24(29)31-21-7-2-4-16(11-21)10-18(14-28)17-5-3-6-19(25)12-17/h2-13,15H,1H3/b18-10-. The van der Waals surface area contributed by atoms with E-state index in [1.54, 1.807) is 73.7 Å². The van der Waals surface area contributed by atoms with Crippen molar-refractivity contribution in [2.24, 2.45) is 0 Å². The lowest BCUT2D eigenvalue weighted by Gasteiger charge is -2.15. The summed E-state index contributed by atoms with van der Waals surface area (Å²) in [5.74, 6) is 0.0506. The minimum absolute atomic E-state index is 0.296. The van der Waals surface area contributed by atoms with Crippen LogP contribution in [0.2, 0.25) is 15.1 Å². The summed E-state index contributed by atoms with van der Waals surface area (Å²) < 4.78 is 11.0. The molecule has 3 rings (SSSR count). The van der Waals surface area contributed by atoms with E-state index in [-0.39, 0.29) is 0 Å². The number of carbonyl (C=O) groups excluding carboxylic acids is 1. The van der Waals surface area contributed by atoms with Crippen LogP contribution in [0.5, 0.6) is 11.5 Å². The van der Waals surface area contributed by atoms with Crippen LogP contribution in [0, 0.1) is 11.3 Å². The van der Waals surface area contributed by atoms with Crippen molar-refractivity contribution in [3.05, 3.63) is 92.9 Å². The van der Waals surface area contributed by atoms with Gasteiger partial charge in [-0.1, -0.05) is 59.1 Å². The maximum atomic E-state index is 12.4. The van der Waals surface area contributed by atoms with E-state index < -0.39 is 12.1 Å². The number of allylic oxidation sites excluding steroid dienone is 1. The number of nitriles is 1. The molecule has 0 saturated carbocycles. The summed E-state index contributed by atoms with van der Waals surface area (Å²) in [5, 5.41) is 10.8. The SMILES string of the molecule is CC(Oc1ccc(Cl)cc1Cl)C(=O)Oc1cccc(/C=C(/C#N)c2cccc(Cl)c2)c1. The molecule has 0 aliphatic carbocycles. The third-order valence-electron chi connectivity index (χ3n) is 4.17. The molecule has 0 aromatic heterocycles. The second-order valence-corrected chi connectivity index (χ2v) is 7.79. The molecule has 1 atom stereocenters. The fraction of sp³-hybridized carbons (Fsp3) is 0.0833. The number of ether oxygens (including phenoxy) is 2. The van der Waals surface area contributed by atoms with Crippen LogP contribution in [0.1, 0.15) is 18.1 Å². The number of rotatable bonds is 6. The molecular formula is C24H16Cl3NO3. The molecule has 156 valence electrons. The third kappa shape index (κ3) is 6.26. The molecule has 0 spiro atoms. The van der Waals surface area contributed by atoms with Gasteiger partial charge in [0.25, 0.3) is 0 Å². The lowest BCUT2D eigenvalue weighted by Crippen LogP contribution is -2.28. The molecule has 0 saturated heterocycles. The number of hydrogen-bond donors (Lipinski definition) is 0. The molecule has 3 aromatic rings. The summed E-state index contributed by atoms with van der Waals surface area (Å²) in [7, 11) is 0. The van der Waals surface area contributed by atoms with Crippen LogP contribution in [0.4, 0.5) is 0 Å². The monoisotopic (exact) mass is 471 g/mol. The van der Waals surface area contributed by atoms with Gasteiger partial charge in [0, 0.05) is 10.0 Å². The molecule has 0 radical (unpaired) electrons. The van der Waals surface area contributed by atoms with Gasteiger partial charge >= 0.3 is 5.97 Å². The molecule has 0 heterocycles. The summed E-state index contributed by atoms with van der Waals surface area (Å²) in [5.41, 5.74) is 1.82. The largest absolute Gasteiger partial charge is 0.477 e. The lowest BCUT2D eigenvalue weighted by atomic mass is 10.0. The topological polar surface area (TPSA) is 59.3 Å². The highest BCUT2D eigenvalue weighted by Crippen LogP contribution is 2.29. The van der Waals surface area contributed by atoms with E-state index in [1.807, 2.05) is 0 Å². The molecule has 0 bridgehead atoms. The van der Waals surface area contributed by atoms with Crippen molar-refractivity contribution in [1.82, 2.24) is 0 Å². The number of benzene rings is 3. The van der Waals surface area contributed by atoms with Crippen molar-refractivity contribution in [2.75, 3.05) is 0 Å². The van der Waals surface area contributed by atoms with Gasteiger partial charge in [-0.3, -0.25) is 0 Å². The highest BCUT2D eigenvalue weighted by Gasteiger charge is 2.19. The van der Waals surface area contributed by atoms with Crippen LogP contribution in [0.15, 0.2) is 66.7 Å². The molecule has 3 aromatic carbocycles. The number of hydrogen-bond acceptors (Lipinski definition) is 4. The van der Waals surface area contributed by atoms with Crippen molar-refractivity contribution in [2.45, 2.75) is 13.0 Å². The van der Waals surface area contributed by atoms with Crippen molar-refractivity contribution in [1.29, 1.82) is 5.26 Å². The second kappa shape index (κ2) is 10.4. The predicted octanol–water partition coefficient (Wildman–Crippen LogP) is 7.08. The molecule has 1 unspecified atom stereocenters. The minimum Gasteiger partial charge on any atom is -0.477 e. The molecular weight excluding hydrogens is 457 g/mol. The van der Waals surface area contributed by atoms with Gasteiger partial charge in [-0.2, -0.15) is 5.26 Å². The van der Waals surface area contributed by atoms with E-state index in [4.69, 9.17) is 44.3 Å². The molecule has 7 heteroatoms. The van der Waals surface area contributed by atoms with E-state index in [2.05, 4.69) is 6.07 Å². The Morgan fingerprint density at radius 1 is 1.00 bits per heavy atom. The van der Waals surface area contributed by atoms with Crippen LogP contribution in [0.3, 0.4) is 0 Å². The number of nitrogens with zero attached hydrogens (tertiary/aromatic N) is 1. The summed E-state index contributed by atoms with van der Waals surface area (Å²) in [6.45, 7) is 1.56. The summed E-state index contributed by atoms with van der Waals surface area (Å²) in [4.78, 5) is 12.4. The highest BCUT2D eigenvalue weighted by atomic mass is 35.5. The first-order valence-corrected chi connectivity index (χ1v) is 10.3. The van der Waals surface area contributed by atoms with Gasteiger partial charge in [-0.25, -0.2) is 4.79 Å². The first-order valence-electron chi connectivity index (χ1n) is 9.17. The molecule has 0 amide bonds. The van der Waals surface area contributed by atoms with Gasteiger partial charge in [-0.15, -0.1) is 0 Å². The van der Waals surface area contributed by atoms with Gasteiger partial charge in [0.1, 0.15) is 11.5 Å². The van der Waals surface area contributed by atoms with Crippen LogP contribution >= 0.6 is 34.8 Å². The van der Waals surface area contributed by atoms with Crippen LogP contribution in [-0.2, 0) is 4.79 Å². The number of halogens is 3. The Morgan fingerprint density at radius 2 is 1.74 bits per heavy atom. The van der Waals surface area contributed by atoms with E-state index in [0.29, 0.717) is 43.3 Å². The Kier molecular flexibility index (Phi) is 7.59. The van der Waals surface area contributed by atoms with Gasteiger partial charge < -0.3 is 9.47 Å². The fourth-order valence-electron chi connectivity index (χ4n) is 2.68. The predicted molar refractivity (Wildman–Crippen MR) is 124 cm³/mol. The molecule has 0 N–H and O–H groups in total. The van der Waals surface area contributed by atoms with Crippen molar-refractivity contribution in [3.8, 4) is 17.6 Å². The number of carbonyl (C=O) groups is 1. The zero-order valence-corrected chi connectivity index (χ0v) is 18.6. The smallest absolute Gasteiger partial charge is 0.352 e. The normalized spacial score (nSPS) is 12.0. The molecule has 31 heavy (non-hydrogen) atoms. The van der Waals surface area contributed by atoms with Crippen molar-refractivity contribution < 1.29 is 14.3 Å². The molecule has 4 nitrogen and oxygen atoms in total. The summed E-state index contributed by atoms with van der Waals surface area (Å²) in [6.07, 6.45) is 0.787. The van der Waals surface area contributed by atoms with Crippen LogP contribution in [0.25, 0.3) is 11.6 Å². The molecule has 0 fully saturated rings. The summed E-state index contributed by atoms with van der Waals surface area (Å²) >= 11 is 18.0. The average molecular weight is 473 g/mol. The first-order chi connectivity index (χ1) is 14.9. The maximum absolute atomic E-state index is 12.4. The average Bonchev–Trinajstić information content (AvgIpc) is 2.74. The maximum Gasteiger partial charge on any atom is 0.352 e. The van der Waals surface area contributed by atoms with Crippen molar-refractivity contribution in [3.63, 3.8) is 0 Å². The fourth-order valence-corrected chi connectivity index (χ4v) is 3.32. The Labute approximate surface area is 195 Å². The zero-order valence-electron chi connectivity index (χ0n) is 16.3. The van der Waals surface area contributed by atoms with Crippen molar-refractivity contribution >= 4 is 52.4 Å². The van der Waals surface area contributed by atoms with E-state index in [0.717, 1.165) is 0 Å². The van der Waals surface area contributed by atoms with Gasteiger partial charge in [0.2, 0.25) is 0 Å². The summed E-state index contributed by atoms with van der Waals surface area (Å²) in [6, 6.07) is 20.7. The zero-order chi connectivity index (χ0) is 22.4. The minimum atomic E-state index is -0.904. The van der Waals surface area contributed by atoms with Gasteiger partial charge in [-0.05, 0) is 66.6 Å². The van der Waals surface area contributed by atoms with Crippen LogP contribution < -0.4 is 9.47 Å². The molecule has 0 aliphatic rings. The Hall–Kier alpha value is -2.97. The molecule has 0 aliphatic heterocycles. The number of esters is 1. The van der Waals surface area contributed by atoms with Gasteiger partial charge in [0.05, 0.1) is 16.7 Å². The highest BCUT2D eigenvalue weighted by molar-refractivity contribution is 6.35. The lowest BCUT2D eigenvalue weighted by molar-refractivity contribution is -0.141. The van der Waals surface area contributed by atoms with Crippen LogP contribution in [-0.4, -0.2) is 12.1 Å². The van der Waals surface area contributed by atoms with E-state index in [9.17, 15) is 10.1 Å². The Bertz CT molecular complexity index is 1180. The van der Waals surface area contributed by atoms with E-state index in [1.165, 1.54) is 6.07 Å². The first kappa shape index (κ1) is 22.7. The quantitative estimate of drug-likeness (QED) is 0.166. The second-order valence-electron chi connectivity index (χ2n) is 6.51. The Morgan fingerprint density at radius 3 is 2.45 bits per heavy atom. The van der Waals surface area contributed by atoms with Gasteiger partial charge in [0.15, 0.2) is 6.10 Å². The van der Waals surface area contributed by atoms with E-state index >= 15 is 0 Å². The Balaban J connectivity index is 1.73.